The van der Waals surface area contributed by atoms with E-state index < -0.39 is 60.4 Å². The number of aromatic nitrogens is 3. The van der Waals surface area contributed by atoms with Crippen LogP contribution in [0, 0.1) is 0 Å². The molecule has 8 aromatic carbocycles. The van der Waals surface area contributed by atoms with Gasteiger partial charge in [0, 0.05) is 27.5 Å². The van der Waals surface area contributed by atoms with Gasteiger partial charge in [-0.2, -0.15) is 0 Å². The van der Waals surface area contributed by atoms with Crippen molar-refractivity contribution in [3.05, 3.63) is 164 Å². The van der Waals surface area contributed by atoms with Crippen LogP contribution < -0.4 is 0 Å². The van der Waals surface area contributed by atoms with Gasteiger partial charge < -0.3 is 4.42 Å². The summed E-state index contributed by atoms with van der Waals surface area (Å²) in [6.45, 7) is 0. The Morgan fingerprint density at radius 2 is 0.898 bits per heavy atom. The van der Waals surface area contributed by atoms with Gasteiger partial charge in [-0.15, -0.1) is 0 Å². The largest absolute Gasteiger partial charge is 0.456 e. The second-order valence-electron chi connectivity index (χ2n) is 11.6. The monoisotopic (exact) mass is 635 g/mol. The van der Waals surface area contributed by atoms with Crippen LogP contribution in [0.5, 0.6) is 0 Å². The molecule has 4 nitrogen and oxygen atoms in total. The van der Waals surface area contributed by atoms with Crippen LogP contribution in [0.4, 0.5) is 0 Å². The molecule has 0 fully saturated rings. The maximum atomic E-state index is 8.68. The van der Waals surface area contributed by atoms with Gasteiger partial charge in [0.2, 0.25) is 0 Å². The molecule has 0 aliphatic carbocycles. The molecule has 49 heavy (non-hydrogen) atoms. The lowest BCUT2D eigenvalue weighted by Gasteiger charge is -2.12. The molecule has 0 saturated carbocycles. The van der Waals surface area contributed by atoms with Crippen molar-refractivity contribution in [3.63, 3.8) is 0 Å². The first-order chi connectivity index (χ1) is 28.4. The third-order valence-corrected chi connectivity index (χ3v) is 8.90. The molecule has 0 aliphatic rings. The van der Waals surface area contributed by atoms with E-state index in [1.54, 1.807) is 18.2 Å². The van der Waals surface area contributed by atoms with Crippen molar-refractivity contribution in [2.75, 3.05) is 0 Å². The molecule has 0 amide bonds. The first kappa shape index (κ1) is 19.2. The number of nitrogens with zero attached hydrogens (tertiary/aromatic N) is 3. The van der Waals surface area contributed by atoms with Gasteiger partial charge in [0.05, 0.1) is 13.7 Å². The van der Waals surface area contributed by atoms with Crippen LogP contribution in [-0.4, -0.2) is 15.0 Å². The predicted octanol–water partition coefficient (Wildman–Crippen LogP) is 11.9. The molecule has 228 valence electrons. The van der Waals surface area contributed by atoms with Crippen LogP contribution in [0.25, 0.3) is 99.5 Å². The number of fused-ring (bicyclic) bond motifs is 9. The van der Waals surface area contributed by atoms with Crippen LogP contribution >= 0.6 is 0 Å². The molecule has 10 rings (SSSR count). The Labute approximate surface area is 296 Å². The van der Waals surface area contributed by atoms with Crippen molar-refractivity contribution in [3.8, 4) is 45.3 Å². The maximum absolute atomic E-state index is 8.68. The average Bonchev–Trinajstić information content (AvgIpc) is 3.64. The molecule has 0 radical (unpaired) electrons. The highest BCUT2D eigenvalue weighted by Crippen LogP contribution is 2.40. The Kier molecular flexibility index (Phi) is 4.31. The molecule has 0 aliphatic heterocycles. The molecular formula is C45H27N3O. The minimum absolute atomic E-state index is 0.0327. The zero-order valence-corrected chi connectivity index (χ0v) is 25.6. The first-order valence-electron chi connectivity index (χ1n) is 20.6. The summed E-state index contributed by atoms with van der Waals surface area (Å²) in [4.78, 5) is 13.7. The minimum atomic E-state index is -0.612. The van der Waals surface area contributed by atoms with E-state index in [1.165, 1.54) is 16.2 Å². The van der Waals surface area contributed by atoms with Gasteiger partial charge in [0.25, 0.3) is 0 Å². The summed E-state index contributed by atoms with van der Waals surface area (Å²) in [6.07, 6.45) is 0. The molecule has 0 unspecified atom stereocenters. The Bertz CT molecular complexity index is 3300. The zero-order valence-electron chi connectivity index (χ0n) is 35.6. The van der Waals surface area contributed by atoms with Crippen LogP contribution in [0.15, 0.2) is 168 Å². The molecule has 10 aromatic rings. The van der Waals surface area contributed by atoms with E-state index >= 15 is 0 Å². The third kappa shape index (κ3) is 4.49. The fourth-order valence-corrected chi connectivity index (χ4v) is 6.72. The molecule has 0 N–H and O–H groups in total. The van der Waals surface area contributed by atoms with E-state index in [0.717, 1.165) is 27.3 Å². The standard InChI is InChI=1S/C45H27N3O/c1-3-12-28(13-4-1)43-46-44(29-14-5-2-6-15-29)48-45(47-43)38-20-11-21-40-42(38)37-25-23-31(27-41(37)49-40)30-22-24-36-34-18-8-7-16-32(34)33-17-9-10-19-35(33)39(36)26-30/h1-27H/i1D,2D,3D,4D,5D,6D,12D,13D,14D,15D. The summed E-state index contributed by atoms with van der Waals surface area (Å²) in [5.74, 6) is -0.704. The number of benzene rings is 8. The van der Waals surface area contributed by atoms with Crippen LogP contribution in [-0.2, 0) is 0 Å². The van der Waals surface area contributed by atoms with E-state index in [1.807, 2.05) is 24.3 Å². The zero-order chi connectivity index (χ0) is 41.0. The third-order valence-electron chi connectivity index (χ3n) is 8.90. The van der Waals surface area contributed by atoms with E-state index in [2.05, 4.69) is 75.6 Å². The van der Waals surface area contributed by atoms with Crippen LogP contribution in [0.1, 0.15) is 13.7 Å². The number of furan rings is 1. The topological polar surface area (TPSA) is 51.8 Å². The Balaban J connectivity index is 1.19. The van der Waals surface area contributed by atoms with E-state index in [0.29, 0.717) is 27.5 Å². The summed E-state index contributed by atoms with van der Waals surface area (Å²) in [5, 5.41) is 8.31. The fraction of sp³-hybridized carbons (Fsp3) is 0. The van der Waals surface area contributed by atoms with Crippen molar-refractivity contribution in [2.45, 2.75) is 0 Å². The molecule has 0 bridgehead atoms. The number of hydrogen-bond donors (Lipinski definition) is 0. The summed E-state index contributed by atoms with van der Waals surface area (Å²) in [6, 6.07) is 28.5. The summed E-state index contributed by atoms with van der Waals surface area (Å²) >= 11 is 0. The van der Waals surface area contributed by atoms with Gasteiger partial charge in [-0.05, 0) is 67.7 Å². The summed E-state index contributed by atoms with van der Waals surface area (Å²) in [7, 11) is 0. The predicted molar refractivity (Wildman–Crippen MR) is 201 cm³/mol. The van der Waals surface area contributed by atoms with Gasteiger partial charge >= 0.3 is 0 Å². The van der Waals surface area contributed by atoms with Gasteiger partial charge in [-0.1, -0.05) is 139 Å². The number of rotatable bonds is 4. The molecule has 0 spiro atoms. The van der Waals surface area contributed by atoms with Crippen LogP contribution in [0.3, 0.4) is 0 Å². The SMILES string of the molecule is [2H]c1c([2H])c([2H])c(-c2nc(-c3c([2H])c([2H])c([2H])c([2H])c3[2H])nc(-c3cccc4oc5cc(-c6ccc7c8ccccc8c8ccccc8c7c6)ccc5c34)n2)c([2H])c1[2H]. The van der Waals surface area contributed by atoms with Crippen molar-refractivity contribution >= 4 is 54.3 Å². The fourth-order valence-electron chi connectivity index (χ4n) is 6.72. The van der Waals surface area contributed by atoms with E-state index in [9.17, 15) is 0 Å². The van der Waals surface area contributed by atoms with Gasteiger partial charge in [-0.25, -0.2) is 15.0 Å². The average molecular weight is 636 g/mol. The van der Waals surface area contributed by atoms with Crippen molar-refractivity contribution in [1.29, 1.82) is 0 Å². The smallest absolute Gasteiger partial charge is 0.164 e. The molecule has 4 heteroatoms. The minimum Gasteiger partial charge on any atom is -0.456 e. The first-order valence-corrected chi connectivity index (χ1v) is 15.6. The summed E-state index contributed by atoms with van der Waals surface area (Å²) < 4.78 is 90.7. The quantitative estimate of drug-likeness (QED) is 0.181. The molecule has 0 atom stereocenters. The number of hydrogen-bond acceptors (Lipinski definition) is 4. The van der Waals surface area contributed by atoms with Crippen LogP contribution in [0.2, 0.25) is 0 Å². The summed E-state index contributed by atoms with van der Waals surface area (Å²) in [5.41, 5.74) is 2.71. The van der Waals surface area contributed by atoms with Crippen molar-refractivity contribution in [1.82, 2.24) is 15.0 Å². The highest BCUT2D eigenvalue weighted by Gasteiger charge is 2.18. The Hall–Kier alpha value is -6.65. The maximum Gasteiger partial charge on any atom is 0.164 e. The molecular weight excluding hydrogens is 599 g/mol. The highest BCUT2D eigenvalue weighted by atomic mass is 16.3. The molecule has 0 saturated heterocycles. The lowest BCUT2D eigenvalue weighted by atomic mass is 9.92. The van der Waals surface area contributed by atoms with Crippen molar-refractivity contribution < 1.29 is 18.1 Å². The van der Waals surface area contributed by atoms with Gasteiger partial charge in [0.15, 0.2) is 17.5 Å². The molecule has 2 aromatic heterocycles. The lowest BCUT2D eigenvalue weighted by molar-refractivity contribution is 0.669. The highest BCUT2D eigenvalue weighted by molar-refractivity contribution is 6.25. The van der Waals surface area contributed by atoms with E-state index in [4.69, 9.17) is 18.1 Å². The second-order valence-corrected chi connectivity index (χ2v) is 11.6. The Morgan fingerprint density at radius 3 is 1.51 bits per heavy atom. The molecule has 2 heterocycles. The van der Waals surface area contributed by atoms with Gasteiger partial charge in [0.1, 0.15) is 11.2 Å². The lowest BCUT2D eigenvalue weighted by Crippen LogP contribution is -2.00. The normalized spacial score (nSPS) is 14.5. The Morgan fingerprint density at radius 1 is 0.388 bits per heavy atom. The van der Waals surface area contributed by atoms with Crippen molar-refractivity contribution in [2.24, 2.45) is 0 Å². The second kappa shape index (κ2) is 11.0. The van der Waals surface area contributed by atoms with E-state index in [-0.39, 0.29) is 28.6 Å². The van der Waals surface area contributed by atoms with Gasteiger partial charge in [-0.3, -0.25) is 0 Å².